The molecule has 0 amide bonds. The predicted octanol–water partition coefficient (Wildman–Crippen LogP) is 3.84. The molecule has 0 aliphatic heterocycles. The minimum Gasteiger partial charge on any atom is -0.324 e. The molecule has 0 bridgehead atoms. The maximum atomic E-state index is 13.6. The standard InChI is InChI=1S/C11H12ClF2N.ClH/c12-7-4-5-8(13)9(10(7)14)11(15)6-2-1-3-6;/h4-6,11H,1-3,15H2;1H/t11-;/m1./s1. The lowest BCUT2D eigenvalue weighted by atomic mass is 9.77. The molecule has 0 aromatic heterocycles. The third-order valence-corrected chi connectivity index (χ3v) is 3.36. The zero-order chi connectivity index (χ0) is 11.0. The summed E-state index contributed by atoms with van der Waals surface area (Å²) in [7, 11) is 0. The van der Waals surface area contributed by atoms with Gasteiger partial charge >= 0.3 is 0 Å². The number of benzene rings is 1. The molecule has 1 aromatic carbocycles. The highest BCUT2D eigenvalue weighted by atomic mass is 35.5. The molecule has 5 heteroatoms. The molecule has 1 aliphatic carbocycles. The van der Waals surface area contributed by atoms with Crippen LogP contribution in [0.25, 0.3) is 0 Å². The molecule has 1 saturated carbocycles. The average Bonchev–Trinajstić information content (AvgIpc) is 2.09. The Morgan fingerprint density at radius 1 is 1.31 bits per heavy atom. The van der Waals surface area contributed by atoms with E-state index in [1.165, 1.54) is 12.1 Å². The van der Waals surface area contributed by atoms with E-state index >= 15 is 0 Å². The van der Waals surface area contributed by atoms with Gasteiger partial charge in [0.2, 0.25) is 0 Å². The lowest BCUT2D eigenvalue weighted by Gasteiger charge is -2.31. The topological polar surface area (TPSA) is 26.0 Å². The van der Waals surface area contributed by atoms with Crippen molar-refractivity contribution in [1.82, 2.24) is 0 Å². The predicted molar refractivity (Wildman–Crippen MR) is 62.9 cm³/mol. The van der Waals surface area contributed by atoms with Crippen LogP contribution in [-0.2, 0) is 0 Å². The molecule has 1 nitrogen and oxygen atoms in total. The Labute approximate surface area is 104 Å². The molecule has 0 radical (unpaired) electrons. The molecule has 16 heavy (non-hydrogen) atoms. The third-order valence-electron chi connectivity index (χ3n) is 3.07. The van der Waals surface area contributed by atoms with Gasteiger partial charge in [0, 0.05) is 11.6 Å². The van der Waals surface area contributed by atoms with Crippen molar-refractivity contribution in [1.29, 1.82) is 0 Å². The third kappa shape index (κ3) is 2.31. The highest BCUT2D eigenvalue weighted by Gasteiger charge is 2.30. The van der Waals surface area contributed by atoms with Crippen LogP contribution in [0.4, 0.5) is 8.78 Å². The smallest absolute Gasteiger partial charge is 0.149 e. The number of nitrogens with two attached hydrogens (primary N) is 1. The Morgan fingerprint density at radius 2 is 1.94 bits per heavy atom. The van der Waals surface area contributed by atoms with Crippen LogP contribution in [0.1, 0.15) is 30.9 Å². The first kappa shape index (κ1) is 13.7. The summed E-state index contributed by atoms with van der Waals surface area (Å²) in [6.07, 6.45) is 2.96. The summed E-state index contributed by atoms with van der Waals surface area (Å²) < 4.78 is 27.0. The molecule has 1 fully saturated rings. The van der Waals surface area contributed by atoms with Crippen LogP contribution in [0.2, 0.25) is 5.02 Å². The second-order valence-electron chi connectivity index (χ2n) is 3.97. The molecule has 1 aliphatic rings. The molecule has 0 saturated heterocycles. The quantitative estimate of drug-likeness (QED) is 0.810. The van der Waals surface area contributed by atoms with Gasteiger partial charge in [-0.25, -0.2) is 8.78 Å². The fourth-order valence-corrected chi connectivity index (χ4v) is 2.05. The van der Waals surface area contributed by atoms with Crippen LogP contribution in [0.5, 0.6) is 0 Å². The summed E-state index contributed by atoms with van der Waals surface area (Å²) in [6, 6.07) is 1.81. The molecule has 2 rings (SSSR count). The first-order valence-corrected chi connectivity index (χ1v) is 5.38. The Morgan fingerprint density at radius 3 is 2.44 bits per heavy atom. The van der Waals surface area contributed by atoms with Gasteiger partial charge in [-0.15, -0.1) is 12.4 Å². The maximum Gasteiger partial charge on any atom is 0.149 e. The van der Waals surface area contributed by atoms with Crippen molar-refractivity contribution < 1.29 is 8.78 Å². The maximum absolute atomic E-state index is 13.6. The van der Waals surface area contributed by atoms with Crippen LogP contribution in [0.15, 0.2) is 12.1 Å². The number of hydrogen-bond donors (Lipinski definition) is 1. The number of hydrogen-bond acceptors (Lipinski definition) is 1. The van der Waals surface area contributed by atoms with E-state index in [-0.39, 0.29) is 28.9 Å². The lowest BCUT2D eigenvalue weighted by Crippen LogP contribution is -2.28. The van der Waals surface area contributed by atoms with Gasteiger partial charge in [0.05, 0.1) is 5.02 Å². The van der Waals surface area contributed by atoms with Crippen LogP contribution in [-0.4, -0.2) is 0 Å². The van der Waals surface area contributed by atoms with E-state index in [0.717, 1.165) is 19.3 Å². The van der Waals surface area contributed by atoms with E-state index in [2.05, 4.69) is 0 Å². The van der Waals surface area contributed by atoms with Crippen molar-refractivity contribution in [2.75, 3.05) is 0 Å². The SMILES string of the molecule is Cl.N[C@@H](c1c(F)ccc(Cl)c1F)C1CCC1. The van der Waals surface area contributed by atoms with Gasteiger partial charge in [0.25, 0.3) is 0 Å². The summed E-state index contributed by atoms with van der Waals surface area (Å²) >= 11 is 5.60. The Hall–Kier alpha value is -0.380. The minimum atomic E-state index is -0.712. The minimum absolute atomic E-state index is 0. The Bertz CT molecular complexity index is 380. The van der Waals surface area contributed by atoms with E-state index in [0.29, 0.717) is 0 Å². The van der Waals surface area contributed by atoms with Gasteiger partial charge in [-0.05, 0) is 30.9 Å². The largest absolute Gasteiger partial charge is 0.324 e. The average molecular weight is 268 g/mol. The monoisotopic (exact) mass is 267 g/mol. The van der Waals surface area contributed by atoms with Gasteiger partial charge in [-0.3, -0.25) is 0 Å². The normalized spacial score (nSPS) is 17.5. The summed E-state index contributed by atoms with van der Waals surface area (Å²) in [5, 5.41) is -0.0684. The van der Waals surface area contributed by atoms with E-state index in [4.69, 9.17) is 17.3 Å². The van der Waals surface area contributed by atoms with Crippen LogP contribution >= 0.6 is 24.0 Å². The van der Waals surface area contributed by atoms with Crippen molar-refractivity contribution in [3.05, 3.63) is 34.4 Å². The van der Waals surface area contributed by atoms with Crippen LogP contribution in [0, 0.1) is 17.6 Å². The van der Waals surface area contributed by atoms with E-state index in [1.807, 2.05) is 0 Å². The van der Waals surface area contributed by atoms with Crippen LogP contribution in [0.3, 0.4) is 0 Å². The zero-order valence-corrected chi connectivity index (χ0v) is 10.1. The van der Waals surface area contributed by atoms with Gasteiger partial charge in [-0.1, -0.05) is 18.0 Å². The fourth-order valence-electron chi connectivity index (χ4n) is 1.88. The zero-order valence-electron chi connectivity index (χ0n) is 8.55. The first-order chi connectivity index (χ1) is 7.11. The molecule has 1 aromatic rings. The van der Waals surface area contributed by atoms with Crippen molar-refractivity contribution in [3.63, 3.8) is 0 Å². The van der Waals surface area contributed by atoms with E-state index in [9.17, 15) is 8.78 Å². The van der Waals surface area contributed by atoms with E-state index in [1.54, 1.807) is 0 Å². The lowest BCUT2D eigenvalue weighted by molar-refractivity contribution is 0.256. The second kappa shape index (κ2) is 5.30. The van der Waals surface area contributed by atoms with Gasteiger partial charge < -0.3 is 5.73 Å². The van der Waals surface area contributed by atoms with E-state index < -0.39 is 17.7 Å². The van der Waals surface area contributed by atoms with Crippen molar-refractivity contribution in [3.8, 4) is 0 Å². The van der Waals surface area contributed by atoms with Gasteiger partial charge in [-0.2, -0.15) is 0 Å². The number of halogens is 4. The molecular formula is C11H13Cl2F2N. The molecule has 0 unspecified atom stereocenters. The van der Waals surface area contributed by atoms with Gasteiger partial charge in [0.15, 0.2) is 0 Å². The Kier molecular flexibility index (Phi) is 4.53. The number of rotatable bonds is 2. The summed E-state index contributed by atoms with van der Waals surface area (Å²) in [6.45, 7) is 0. The highest BCUT2D eigenvalue weighted by Crippen LogP contribution is 2.38. The van der Waals surface area contributed by atoms with Crippen molar-refractivity contribution >= 4 is 24.0 Å². The second-order valence-corrected chi connectivity index (χ2v) is 4.38. The molecule has 2 N–H and O–H groups in total. The molecule has 0 spiro atoms. The van der Waals surface area contributed by atoms with Crippen molar-refractivity contribution in [2.24, 2.45) is 11.7 Å². The summed E-state index contributed by atoms with van der Waals surface area (Å²) in [5.41, 5.74) is 5.77. The fraction of sp³-hybridized carbons (Fsp3) is 0.455. The van der Waals surface area contributed by atoms with Crippen LogP contribution < -0.4 is 5.73 Å². The summed E-state index contributed by atoms with van der Waals surface area (Å²) in [5.74, 6) is -1.13. The molecular weight excluding hydrogens is 255 g/mol. The molecule has 90 valence electrons. The Balaban J connectivity index is 0.00000128. The summed E-state index contributed by atoms with van der Waals surface area (Å²) in [4.78, 5) is 0. The highest BCUT2D eigenvalue weighted by molar-refractivity contribution is 6.30. The first-order valence-electron chi connectivity index (χ1n) is 5.00. The van der Waals surface area contributed by atoms with Crippen molar-refractivity contribution in [2.45, 2.75) is 25.3 Å². The van der Waals surface area contributed by atoms with Gasteiger partial charge in [0.1, 0.15) is 11.6 Å². The molecule has 0 heterocycles. The molecule has 1 atom stereocenters.